The number of hydrogen-bond acceptors (Lipinski definition) is 2. The highest BCUT2D eigenvalue weighted by Gasteiger charge is 2.24. The molecular weight excluding hydrogens is 340 g/mol. The van der Waals surface area contributed by atoms with Gasteiger partial charge in [0.15, 0.2) is 0 Å². The number of carbonyl (C=O) groups is 1. The summed E-state index contributed by atoms with van der Waals surface area (Å²) in [6, 6.07) is 6.34. The number of halogens is 2. The van der Waals surface area contributed by atoms with Gasteiger partial charge in [-0.2, -0.15) is 0 Å². The van der Waals surface area contributed by atoms with Crippen LogP contribution in [0.4, 0.5) is 0 Å². The molecule has 110 valence electrons. The lowest BCUT2D eigenvalue weighted by atomic mass is 10.0. The van der Waals surface area contributed by atoms with Crippen LogP contribution in [0.5, 0.6) is 0 Å². The fourth-order valence-electron chi connectivity index (χ4n) is 2.63. The van der Waals surface area contributed by atoms with Crippen LogP contribution in [0.2, 0.25) is 5.02 Å². The van der Waals surface area contributed by atoms with Gasteiger partial charge in [0.25, 0.3) is 0 Å². The zero-order valence-electron chi connectivity index (χ0n) is 11.9. The first kappa shape index (κ1) is 15.8. The lowest BCUT2D eigenvalue weighted by molar-refractivity contribution is -0.130. The van der Waals surface area contributed by atoms with Crippen LogP contribution >= 0.6 is 27.5 Å². The van der Waals surface area contributed by atoms with E-state index in [0.29, 0.717) is 6.04 Å². The van der Waals surface area contributed by atoms with Gasteiger partial charge in [0, 0.05) is 49.1 Å². The quantitative estimate of drug-likeness (QED) is 0.824. The highest BCUT2D eigenvalue weighted by molar-refractivity contribution is 9.10. The Balaban J connectivity index is 1.91. The first-order valence-corrected chi connectivity index (χ1v) is 8.04. The molecule has 1 heterocycles. The summed E-state index contributed by atoms with van der Waals surface area (Å²) in [5.41, 5.74) is 1.15. The van der Waals surface area contributed by atoms with E-state index in [2.05, 4.69) is 26.9 Å². The number of benzene rings is 1. The molecule has 0 aromatic heterocycles. The molecule has 0 unspecified atom stereocenters. The fourth-order valence-corrected chi connectivity index (χ4v) is 3.21. The number of hydrogen-bond donors (Lipinski definition) is 0. The van der Waals surface area contributed by atoms with Gasteiger partial charge >= 0.3 is 0 Å². The summed E-state index contributed by atoms with van der Waals surface area (Å²) < 4.78 is 1.06. The molecular formula is C15H20BrClN2O. The Bertz CT molecular complexity index is 487. The Hall–Kier alpha value is -0.580. The van der Waals surface area contributed by atoms with Crippen molar-refractivity contribution in [3.8, 4) is 0 Å². The second kappa shape index (κ2) is 6.92. The minimum Gasteiger partial charge on any atom is -0.343 e. The van der Waals surface area contributed by atoms with Gasteiger partial charge in [-0.15, -0.1) is 0 Å². The zero-order valence-corrected chi connectivity index (χ0v) is 14.2. The Kier molecular flexibility index (Phi) is 5.47. The number of nitrogens with zero attached hydrogens (tertiary/aromatic N) is 2. The van der Waals surface area contributed by atoms with E-state index >= 15 is 0 Å². The van der Waals surface area contributed by atoms with Crippen molar-refractivity contribution in [2.75, 3.05) is 20.1 Å². The molecule has 0 bridgehead atoms. The molecule has 20 heavy (non-hydrogen) atoms. The SMILES string of the molecule is CC(=O)N(C)C1CCN(Cc2cc(Br)ccc2Cl)CC1. The monoisotopic (exact) mass is 358 g/mol. The van der Waals surface area contributed by atoms with Crippen molar-refractivity contribution < 1.29 is 4.79 Å². The van der Waals surface area contributed by atoms with Gasteiger partial charge < -0.3 is 4.90 Å². The molecule has 2 rings (SSSR count). The number of carbonyl (C=O) groups excluding carboxylic acids is 1. The maximum atomic E-state index is 11.4. The zero-order chi connectivity index (χ0) is 14.7. The molecule has 1 aromatic rings. The van der Waals surface area contributed by atoms with Crippen LogP contribution in [-0.2, 0) is 11.3 Å². The van der Waals surface area contributed by atoms with Gasteiger partial charge in [0.2, 0.25) is 5.91 Å². The highest BCUT2D eigenvalue weighted by Crippen LogP contribution is 2.24. The summed E-state index contributed by atoms with van der Waals surface area (Å²) in [7, 11) is 1.90. The normalized spacial score (nSPS) is 17.2. The number of rotatable bonds is 3. The van der Waals surface area contributed by atoms with Gasteiger partial charge in [0.1, 0.15) is 0 Å². The largest absolute Gasteiger partial charge is 0.343 e. The van der Waals surface area contributed by atoms with Crippen molar-refractivity contribution >= 4 is 33.4 Å². The van der Waals surface area contributed by atoms with Gasteiger partial charge in [-0.1, -0.05) is 27.5 Å². The van der Waals surface area contributed by atoms with Crippen LogP contribution < -0.4 is 0 Å². The minimum absolute atomic E-state index is 0.151. The lowest BCUT2D eigenvalue weighted by Crippen LogP contribution is -2.44. The van der Waals surface area contributed by atoms with E-state index in [9.17, 15) is 4.79 Å². The molecule has 1 aliphatic rings. The van der Waals surface area contributed by atoms with Crippen LogP contribution in [0.3, 0.4) is 0 Å². The molecule has 0 radical (unpaired) electrons. The van der Waals surface area contributed by atoms with E-state index in [1.54, 1.807) is 6.92 Å². The average molecular weight is 360 g/mol. The Morgan fingerprint density at radius 1 is 1.45 bits per heavy atom. The van der Waals surface area contributed by atoms with E-state index in [1.807, 2.05) is 24.1 Å². The van der Waals surface area contributed by atoms with Crippen LogP contribution in [0.15, 0.2) is 22.7 Å². The first-order chi connectivity index (χ1) is 9.47. The predicted octanol–water partition coefficient (Wildman–Crippen LogP) is 3.55. The van der Waals surface area contributed by atoms with Crippen molar-refractivity contribution in [1.82, 2.24) is 9.80 Å². The summed E-state index contributed by atoms with van der Waals surface area (Å²) in [6.07, 6.45) is 2.06. The summed E-state index contributed by atoms with van der Waals surface area (Å²) in [5, 5.41) is 0.816. The van der Waals surface area contributed by atoms with Crippen LogP contribution in [0.1, 0.15) is 25.3 Å². The molecule has 0 N–H and O–H groups in total. The molecule has 1 aliphatic heterocycles. The third kappa shape index (κ3) is 3.96. The Labute approximate surface area is 134 Å². The van der Waals surface area contributed by atoms with E-state index in [1.165, 1.54) is 0 Å². The van der Waals surface area contributed by atoms with Crippen LogP contribution in [0.25, 0.3) is 0 Å². The number of likely N-dealkylation sites (tertiary alicyclic amines) is 1. The fraction of sp³-hybridized carbons (Fsp3) is 0.533. The maximum Gasteiger partial charge on any atom is 0.219 e. The first-order valence-electron chi connectivity index (χ1n) is 6.87. The van der Waals surface area contributed by atoms with E-state index in [4.69, 9.17) is 11.6 Å². The van der Waals surface area contributed by atoms with Crippen molar-refractivity contribution in [2.24, 2.45) is 0 Å². The Morgan fingerprint density at radius 3 is 2.70 bits per heavy atom. The molecule has 1 aromatic carbocycles. The van der Waals surface area contributed by atoms with Gasteiger partial charge in [0.05, 0.1) is 0 Å². The standard InChI is InChI=1S/C15H20BrClN2O/c1-11(20)18(2)14-5-7-19(8-6-14)10-12-9-13(16)3-4-15(12)17/h3-4,9,14H,5-8,10H2,1-2H3. The van der Waals surface area contributed by atoms with Crippen molar-refractivity contribution in [3.05, 3.63) is 33.3 Å². The van der Waals surface area contributed by atoms with Crippen molar-refractivity contribution in [1.29, 1.82) is 0 Å². The minimum atomic E-state index is 0.151. The Morgan fingerprint density at radius 2 is 2.10 bits per heavy atom. The van der Waals surface area contributed by atoms with E-state index in [0.717, 1.165) is 47.5 Å². The second-order valence-electron chi connectivity index (χ2n) is 5.37. The number of amides is 1. The molecule has 0 atom stereocenters. The predicted molar refractivity (Wildman–Crippen MR) is 85.9 cm³/mol. The van der Waals surface area contributed by atoms with Crippen LogP contribution in [0, 0.1) is 0 Å². The molecule has 0 spiro atoms. The molecule has 5 heteroatoms. The van der Waals surface area contributed by atoms with Crippen LogP contribution in [-0.4, -0.2) is 41.9 Å². The molecule has 1 saturated heterocycles. The summed E-state index contributed by atoms with van der Waals surface area (Å²) in [6.45, 7) is 4.51. The highest BCUT2D eigenvalue weighted by atomic mass is 79.9. The van der Waals surface area contributed by atoms with Crippen molar-refractivity contribution in [3.63, 3.8) is 0 Å². The number of piperidine rings is 1. The average Bonchev–Trinajstić information content (AvgIpc) is 2.43. The molecule has 1 amide bonds. The van der Waals surface area contributed by atoms with E-state index < -0.39 is 0 Å². The smallest absolute Gasteiger partial charge is 0.219 e. The summed E-state index contributed by atoms with van der Waals surface area (Å²) >= 11 is 9.72. The van der Waals surface area contributed by atoms with E-state index in [-0.39, 0.29) is 5.91 Å². The molecule has 0 saturated carbocycles. The maximum absolute atomic E-state index is 11.4. The van der Waals surface area contributed by atoms with Gasteiger partial charge in [-0.3, -0.25) is 9.69 Å². The lowest BCUT2D eigenvalue weighted by Gasteiger charge is -2.36. The third-order valence-electron chi connectivity index (χ3n) is 4.00. The van der Waals surface area contributed by atoms with Gasteiger partial charge in [-0.05, 0) is 36.6 Å². The third-order valence-corrected chi connectivity index (χ3v) is 4.87. The molecule has 1 fully saturated rings. The van der Waals surface area contributed by atoms with Gasteiger partial charge in [-0.25, -0.2) is 0 Å². The summed E-state index contributed by atoms with van der Waals surface area (Å²) in [5.74, 6) is 0.151. The second-order valence-corrected chi connectivity index (χ2v) is 6.70. The topological polar surface area (TPSA) is 23.6 Å². The van der Waals surface area contributed by atoms with Crippen molar-refractivity contribution in [2.45, 2.75) is 32.4 Å². The molecule has 3 nitrogen and oxygen atoms in total. The molecule has 0 aliphatic carbocycles. The summed E-state index contributed by atoms with van der Waals surface area (Å²) in [4.78, 5) is 15.7.